The Hall–Kier alpha value is -2.74. The molecule has 0 spiro atoms. The molecule has 23 heavy (non-hydrogen) atoms. The van der Waals surface area contributed by atoms with Crippen LogP contribution in [0, 0.1) is 4.77 Å². The molecule has 116 valence electrons. The highest BCUT2D eigenvalue weighted by Crippen LogP contribution is 2.29. The molecule has 0 unspecified atom stereocenters. The second-order valence-corrected chi connectivity index (χ2v) is 5.77. The Kier molecular flexibility index (Phi) is 3.30. The van der Waals surface area contributed by atoms with Gasteiger partial charge in [0.1, 0.15) is 11.4 Å². The van der Waals surface area contributed by atoms with Crippen molar-refractivity contribution in [2.24, 2.45) is 5.10 Å². The van der Waals surface area contributed by atoms with Crippen molar-refractivity contribution in [2.75, 3.05) is 0 Å². The van der Waals surface area contributed by atoms with Crippen LogP contribution in [0.25, 0.3) is 11.5 Å². The third-order valence-corrected chi connectivity index (χ3v) is 4.13. The van der Waals surface area contributed by atoms with Crippen molar-refractivity contribution in [1.82, 2.24) is 25.1 Å². The van der Waals surface area contributed by atoms with Crippen LogP contribution in [-0.4, -0.2) is 36.4 Å². The van der Waals surface area contributed by atoms with Gasteiger partial charge in [0.2, 0.25) is 10.6 Å². The van der Waals surface area contributed by atoms with E-state index < -0.39 is 0 Å². The normalized spacial score (nSPS) is 13.7. The summed E-state index contributed by atoms with van der Waals surface area (Å²) in [6.07, 6.45) is 4.74. The first kappa shape index (κ1) is 13.9. The molecule has 0 bridgehead atoms. The van der Waals surface area contributed by atoms with Gasteiger partial charge in [-0.25, -0.2) is 5.10 Å². The first-order valence-corrected chi connectivity index (χ1v) is 7.70. The summed E-state index contributed by atoms with van der Waals surface area (Å²) in [7, 11) is 0. The third kappa shape index (κ3) is 2.46. The third-order valence-electron chi connectivity index (χ3n) is 3.86. The van der Waals surface area contributed by atoms with Crippen LogP contribution in [0.5, 0.6) is 5.75 Å². The number of phenolic OH excluding ortho intramolecular Hbond substituents is 1. The molecule has 0 radical (unpaired) electrons. The highest BCUT2D eigenvalue weighted by atomic mass is 32.1. The van der Waals surface area contributed by atoms with Gasteiger partial charge in [0.25, 0.3) is 0 Å². The highest BCUT2D eigenvalue weighted by Gasteiger charge is 2.23. The molecule has 1 aromatic carbocycles. The fourth-order valence-corrected chi connectivity index (χ4v) is 2.97. The summed E-state index contributed by atoms with van der Waals surface area (Å²) >= 11 is 5.26. The summed E-state index contributed by atoms with van der Waals surface area (Å²) in [5, 5.41) is 28.4. The molecule has 0 fully saturated rings. The molecule has 0 saturated heterocycles. The lowest BCUT2D eigenvalue weighted by molar-refractivity contribution is 0.475. The second-order valence-electron chi connectivity index (χ2n) is 5.39. The zero-order valence-corrected chi connectivity index (χ0v) is 13.0. The van der Waals surface area contributed by atoms with Gasteiger partial charge in [0, 0.05) is 11.3 Å². The van der Waals surface area contributed by atoms with Crippen molar-refractivity contribution < 1.29 is 5.11 Å². The van der Waals surface area contributed by atoms with Gasteiger partial charge in [-0.15, -0.1) is 0 Å². The maximum absolute atomic E-state index is 9.51. The molecule has 3 aromatic rings. The van der Waals surface area contributed by atoms with E-state index in [9.17, 15) is 5.11 Å². The molecule has 7 nitrogen and oxygen atoms in total. The summed E-state index contributed by atoms with van der Waals surface area (Å²) in [6.45, 7) is 0. The number of aromatic hydroxyl groups is 1. The number of fused-ring (bicyclic) bond motifs is 1. The number of hydrogen-bond donors (Lipinski definition) is 3. The van der Waals surface area contributed by atoms with Crippen LogP contribution >= 0.6 is 12.2 Å². The summed E-state index contributed by atoms with van der Waals surface area (Å²) in [4.78, 5) is 0. The summed E-state index contributed by atoms with van der Waals surface area (Å²) < 4.78 is 1.94. The molecule has 0 aliphatic heterocycles. The first-order valence-electron chi connectivity index (χ1n) is 7.29. The Morgan fingerprint density at radius 1 is 1.26 bits per heavy atom. The number of nitrogens with zero attached hydrogens (tertiary/aromatic N) is 4. The van der Waals surface area contributed by atoms with Gasteiger partial charge in [0.05, 0.1) is 6.21 Å². The van der Waals surface area contributed by atoms with Gasteiger partial charge >= 0.3 is 0 Å². The molecule has 4 rings (SSSR count). The van der Waals surface area contributed by atoms with Gasteiger partial charge in [0.15, 0.2) is 0 Å². The van der Waals surface area contributed by atoms with E-state index in [1.165, 1.54) is 5.56 Å². The number of nitrogens with one attached hydrogen (secondary N) is 2. The van der Waals surface area contributed by atoms with E-state index in [2.05, 4.69) is 25.5 Å². The average Bonchev–Trinajstić information content (AvgIpc) is 3.21. The zero-order valence-electron chi connectivity index (χ0n) is 12.2. The van der Waals surface area contributed by atoms with Gasteiger partial charge in [-0.3, -0.25) is 5.10 Å². The Morgan fingerprint density at radius 3 is 3.04 bits per heavy atom. The summed E-state index contributed by atoms with van der Waals surface area (Å²) in [6, 6.07) is 6.84. The molecular formula is C15H14N6OS. The van der Waals surface area contributed by atoms with Crippen molar-refractivity contribution in [1.29, 1.82) is 0 Å². The predicted molar refractivity (Wildman–Crippen MR) is 88.1 cm³/mol. The molecule has 0 atom stereocenters. The Labute approximate surface area is 136 Å². The number of hydrogen-bond acceptors (Lipinski definition) is 5. The van der Waals surface area contributed by atoms with Crippen LogP contribution in [0.4, 0.5) is 0 Å². The van der Waals surface area contributed by atoms with Crippen LogP contribution in [0.2, 0.25) is 0 Å². The molecule has 3 N–H and O–H groups in total. The van der Waals surface area contributed by atoms with Crippen molar-refractivity contribution >= 4 is 18.4 Å². The van der Waals surface area contributed by atoms with Crippen LogP contribution in [0.3, 0.4) is 0 Å². The predicted octanol–water partition coefficient (Wildman–Crippen LogP) is 2.41. The molecule has 8 heteroatoms. The van der Waals surface area contributed by atoms with Gasteiger partial charge in [-0.1, -0.05) is 12.1 Å². The molecule has 1 aliphatic carbocycles. The molecule has 0 amide bonds. The minimum absolute atomic E-state index is 0.190. The van der Waals surface area contributed by atoms with Crippen molar-refractivity contribution in [3.63, 3.8) is 0 Å². The van der Waals surface area contributed by atoms with E-state index in [0.29, 0.717) is 10.6 Å². The Morgan fingerprint density at radius 2 is 2.17 bits per heavy atom. The number of phenols is 1. The van der Waals surface area contributed by atoms with Crippen LogP contribution in [0.1, 0.15) is 23.2 Å². The summed E-state index contributed by atoms with van der Waals surface area (Å²) in [5.74, 6) is 0.779. The fraction of sp³-hybridized carbons (Fsp3) is 0.200. The number of rotatable bonds is 3. The monoisotopic (exact) mass is 326 g/mol. The highest BCUT2D eigenvalue weighted by molar-refractivity contribution is 7.71. The van der Waals surface area contributed by atoms with Crippen LogP contribution in [0.15, 0.2) is 29.4 Å². The summed E-state index contributed by atoms with van der Waals surface area (Å²) in [5.41, 5.74) is 3.91. The van der Waals surface area contributed by atoms with Crippen LogP contribution in [-0.2, 0) is 12.8 Å². The van der Waals surface area contributed by atoms with Crippen molar-refractivity contribution in [2.45, 2.75) is 19.3 Å². The van der Waals surface area contributed by atoms with E-state index >= 15 is 0 Å². The van der Waals surface area contributed by atoms with E-state index in [4.69, 9.17) is 12.2 Å². The van der Waals surface area contributed by atoms with E-state index in [1.807, 2.05) is 6.07 Å². The van der Waals surface area contributed by atoms with Gasteiger partial charge in [-0.2, -0.15) is 20.0 Å². The first-order chi connectivity index (χ1) is 11.2. The smallest absolute Gasteiger partial charge is 0.216 e. The molecule has 2 aromatic heterocycles. The van der Waals surface area contributed by atoms with Gasteiger partial charge in [-0.05, 0) is 49.2 Å². The van der Waals surface area contributed by atoms with E-state index in [1.54, 1.807) is 29.1 Å². The standard InChI is InChI=1S/C15H14N6OS/c22-10-4-1-3-9(7-10)8-16-21-14(19-20-15(21)23)13-11-5-2-6-12(11)17-18-13/h1,3-4,7-8,22H,2,5-6H2,(H,17,18)(H,20,23). The van der Waals surface area contributed by atoms with Gasteiger partial charge < -0.3 is 5.11 Å². The topological polar surface area (TPSA) is 94.9 Å². The Bertz CT molecular complexity index is 951. The lowest BCUT2D eigenvalue weighted by atomic mass is 10.2. The van der Waals surface area contributed by atoms with Crippen LogP contribution < -0.4 is 0 Å². The Balaban J connectivity index is 1.75. The lowest BCUT2D eigenvalue weighted by Crippen LogP contribution is -1.97. The maximum atomic E-state index is 9.51. The molecule has 2 heterocycles. The largest absolute Gasteiger partial charge is 0.508 e. The average molecular weight is 326 g/mol. The fourth-order valence-electron chi connectivity index (χ4n) is 2.79. The SMILES string of the molecule is Oc1cccc(C=Nn2c(-c3n[nH]c4c3CCC4)n[nH]c2=S)c1. The number of aromatic amines is 2. The van der Waals surface area contributed by atoms with E-state index in [-0.39, 0.29) is 5.75 Å². The molecule has 1 aliphatic rings. The quantitative estimate of drug-likeness (QED) is 0.509. The van der Waals surface area contributed by atoms with Crippen molar-refractivity contribution in [3.8, 4) is 17.3 Å². The minimum atomic E-state index is 0.190. The number of benzene rings is 1. The number of aromatic nitrogens is 5. The second kappa shape index (κ2) is 5.47. The maximum Gasteiger partial charge on any atom is 0.216 e. The van der Waals surface area contributed by atoms with Crippen molar-refractivity contribution in [3.05, 3.63) is 45.9 Å². The molecule has 0 saturated carbocycles. The van der Waals surface area contributed by atoms with E-state index in [0.717, 1.165) is 36.2 Å². The zero-order chi connectivity index (χ0) is 15.8. The minimum Gasteiger partial charge on any atom is -0.508 e. The lowest BCUT2D eigenvalue weighted by Gasteiger charge is -2.00. The number of aryl methyl sites for hydroxylation is 1. The molecular weight excluding hydrogens is 312 g/mol. The number of H-pyrrole nitrogens is 2.